The molecule has 0 aliphatic heterocycles. The number of benzene rings is 1. The highest BCUT2D eigenvalue weighted by Crippen LogP contribution is 2.18. The molecule has 0 aromatic heterocycles. The van der Waals surface area contributed by atoms with E-state index in [4.69, 9.17) is 17.4 Å². The molecule has 0 spiro atoms. The molecule has 1 rings (SSSR count). The van der Waals surface area contributed by atoms with Crippen molar-refractivity contribution in [3.8, 4) is 0 Å². The zero-order valence-corrected chi connectivity index (χ0v) is 8.73. The Hall–Kier alpha value is -0.570. The fourth-order valence-electron chi connectivity index (χ4n) is 1.21. The molecule has 3 heteroatoms. The maximum Gasteiger partial charge on any atom is 0.0441 e. The van der Waals surface area contributed by atoms with Crippen LogP contribution in [0.2, 0.25) is 5.02 Å². The second kappa shape index (κ2) is 4.61. The number of rotatable bonds is 3. The van der Waals surface area contributed by atoms with Gasteiger partial charge in [0.25, 0.3) is 0 Å². The Morgan fingerprint density at radius 1 is 1.54 bits per heavy atom. The Balaban J connectivity index is 2.77. The van der Waals surface area contributed by atoms with Gasteiger partial charge in [-0.15, -0.1) is 0 Å². The molecule has 0 saturated carbocycles. The van der Waals surface area contributed by atoms with E-state index in [2.05, 4.69) is 11.5 Å². The summed E-state index contributed by atoms with van der Waals surface area (Å²) in [4.78, 5) is 0. The van der Waals surface area contributed by atoms with Gasteiger partial charge in [0.15, 0.2) is 0 Å². The molecule has 1 unspecified atom stereocenters. The smallest absolute Gasteiger partial charge is 0.0441 e. The van der Waals surface area contributed by atoms with Crippen LogP contribution in [0.25, 0.3) is 0 Å². The Morgan fingerprint density at radius 3 is 2.77 bits per heavy atom. The van der Waals surface area contributed by atoms with Gasteiger partial charge in [0.1, 0.15) is 0 Å². The Labute approximate surface area is 84.1 Å². The summed E-state index contributed by atoms with van der Waals surface area (Å²) >= 11 is 6.06. The zero-order valence-electron chi connectivity index (χ0n) is 7.97. The summed E-state index contributed by atoms with van der Waals surface area (Å²) in [5.74, 6) is 5.31. The Bertz CT molecular complexity index is 286. The molecule has 1 aromatic carbocycles. The molecule has 2 nitrogen and oxygen atoms in total. The van der Waals surface area contributed by atoms with Crippen LogP contribution in [-0.2, 0) is 6.42 Å². The van der Waals surface area contributed by atoms with E-state index in [-0.39, 0.29) is 6.04 Å². The van der Waals surface area contributed by atoms with E-state index in [0.717, 1.165) is 17.0 Å². The van der Waals surface area contributed by atoms with Crippen LogP contribution in [0.4, 0.5) is 0 Å². The van der Waals surface area contributed by atoms with Crippen molar-refractivity contribution in [1.29, 1.82) is 0 Å². The van der Waals surface area contributed by atoms with Crippen LogP contribution in [0.1, 0.15) is 18.1 Å². The van der Waals surface area contributed by atoms with E-state index in [1.807, 2.05) is 26.0 Å². The topological polar surface area (TPSA) is 38.0 Å². The van der Waals surface area contributed by atoms with Gasteiger partial charge in [0.2, 0.25) is 0 Å². The predicted molar refractivity (Wildman–Crippen MR) is 56.7 cm³/mol. The molecule has 13 heavy (non-hydrogen) atoms. The van der Waals surface area contributed by atoms with Gasteiger partial charge in [-0.05, 0) is 37.5 Å². The SMILES string of the molecule is Cc1ccc(CC(C)NN)c(Cl)c1. The van der Waals surface area contributed by atoms with E-state index in [0.29, 0.717) is 0 Å². The number of hydrogen-bond acceptors (Lipinski definition) is 2. The third kappa shape index (κ3) is 2.99. The number of hydrazine groups is 1. The number of hydrogen-bond donors (Lipinski definition) is 2. The summed E-state index contributed by atoms with van der Waals surface area (Å²) < 4.78 is 0. The van der Waals surface area contributed by atoms with E-state index in [1.165, 1.54) is 5.56 Å². The number of aryl methyl sites for hydroxylation is 1. The first kappa shape index (κ1) is 10.5. The number of nitrogens with two attached hydrogens (primary N) is 1. The predicted octanol–water partition coefficient (Wildman–Crippen LogP) is 2.04. The highest BCUT2D eigenvalue weighted by Gasteiger charge is 2.04. The lowest BCUT2D eigenvalue weighted by Crippen LogP contribution is -2.34. The molecule has 0 heterocycles. The summed E-state index contributed by atoms with van der Waals surface area (Å²) in [5.41, 5.74) is 5.02. The van der Waals surface area contributed by atoms with Gasteiger partial charge in [-0.2, -0.15) is 0 Å². The van der Waals surface area contributed by atoms with Gasteiger partial charge in [-0.3, -0.25) is 11.3 Å². The van der Waals surface area contributed by atoms with E-state index < -0.39 is 0 Å². The lowest BCUT2D eigenvalue weighted by atomic mass is 10.1. The highest BCUT2D eigenvalue weighted by atomic mass is 35.5. The second-order valence-corrected chi connectivity index (χ2v) is 3.77. The largest absolute Gasteiger partial charge is 0.271 e. The molecule has 0 saturated heterocycles. The van der Waals surface area contributed by atoms with Crippen LogP contribution in [0.3, 0.4) is 0 Å². The van der Waals surface area contributed by atoms with Crippen LogP contribution in [0.15, 0.2) is 18.2 Å². The Morgan fingerprint density at radius 2 is 2.23 bits per heavy atom. The standard InChI is InChI=1S/C10H15ClN2/c1-7-3-4-9(10(11)5-7)6-8(2)13-12/h3-5,8,13H,6,12H2,1-2H3. The minimum Gasteiger partial charge on any atom is -0.271 e. The van der Waals surface area contributed by atoms with Crippen molar-refractivity contribution < 1.29 is 0 Å². The fraction of sp³-hybridized carbons (Fsp3) is 0.400. The van der Waals surface area contributed by atoms with Gasteiger partial charge in [0.05, 0.1) is 0 Å². The lowest BCUT2D eigenvalue weighted by molar-refractivity contribution is 0.568. The van der Waals surface area contributed by atoms with Crippen molar-refractivity contribution in [3.05, 3.63) is 34.3 Å². The molecule has 0 aliphatic rings. The van der Waals surface area contributed by atoms with E-state index in [1.54, 1.807) is 0 Å². The molecule has 72 valence electrons. The first-order chi connectivity index (χ1) is 6.13. The minimum absolute atomic E-state index is 0.250. The number of nitrogens with one attached hydrogen (secondary N) is 1. The van der Waals surface area contributed by atoms with Gasteiger partial charge in [0, 0.05) is 11.1 Å². The molecule has 0 radical (unpaired) electrons. The van der Waals surface area contributed by atoms with Crippen molar-refractivity contribution in [2.75, 3.05) is 0 Å². The summed E-state index contributed by atoms with van der Waals surface area (Å²) in [7, 11) is 0. The third-order valence-corrected chi connectivity index (χ3v) is 2.37. The Kier molecular flexibility index (Phi) is 3.72. The highest BCUT2D eigenvalue weighted by molar-refractivity contribution is 6.31. The normalized spacial score (nSPS) is 12.9. The van der Waals surface area contributed by atoms with Crippen LogP contribution in [0.5, 0.6) is 0 Å². The maximum atomic E-state index is 6.06. The summed E-state index contributed by atoms with van der Waals surface area (Å²) in [5, 5.41) is 0.821. The van der Waals surface area contributed by atoms with Gasteiger partial charge in [-0.25, -0.2) is 0 Å². The van der Waals surface area contributed by atoms with Crippen LogP contribution >= 0.6 is 11.6 Å². The van der Waals surface area contributed by atoms with E-state index in [9.17, 15) is 0 Å². The molecule has 3 N–H and O–H groups in total. The van der Waals surface area contributed by atoms with Crippen molar-refractivity contribution in [3.63, 3.8) is 0 Å². The fourth-order valence-corrected chi connectivity index (χ4v) is 1.52. The van der Waals surface area contributed by atoms with Crippen LogP contribution in [0, 0.1) is 6.92 Å². The average Bonchev–Trinajstić information content (AvgIpc) is 2.09. The quantitative estimate of drug-likeness (QED) is 0.576. The zero-order chi connectivity index (χ0) is 9.84. The van der Waals surface area contributed by atoms with Gasteiger partial charge in [-0.1, -0.05) is 23.7 Å². The average molecular weight is 199 g/mol. The molecule has 1 atom stereocenters. The van der Waals surface area contributed by atoms with Crippen LogP contribution in [-0.4, -0.2) is 6.04 Å². The lowest BCUT2D eigenvalue weighted by Gasteiger charge is -2.11. The molecule has 0 fully saturated rings. The molecule has 1 aromatic rings. The number of halogens is 1. The minimum atomic E-state index is 0.250. The van der Waals surface area contributed by atoms with Crippen LogP contribution < -0.4 is 11.3 Å². The first-order valence-corrected chi connectivity index (χ1v) is 4.72. The molecular weight excluding hydrogens is 184 g/mol. The first-order valence-electron chi connectivity index (χ1n) is 4.34. The van der Waals surface area contributed by atoms with Gasteiger partial charge >= 0.3 is 0 Å². The monoisotopic (exact) mass is 198 g/mol. The summed E-state index contributed by atoms with van der Waals surface area (Å²) in [6.45, 7) is 4.05. The summed E-state index contributed by atoms with van der Waals surface area (Å²) in [6.07, 6.45) is 0.857. The third-order valence-electron chi connectivity index (χ3n) is 2.02. The summed E-state index contributed by atoms with van der Waals surface area (Å²) in [6, 6.07) is 6.33. The van der Waals surface area contributed by atoms with E-state index >= 15 is 0 Å². The molecule has 0 amide bonds. The van der Waals surface area contributed by atoms with Crippen molar-refractivity contribution in [2.24, 2.45) is 5.84 Å². The second-order valence-electron chi connectivity index (χ2n) is 3.37. The molecule has 0 aliphatic carbocycles. The molecule has 0 bridgehead atoms. The van der Waals surface area contributed by atoms with Crippen molar-refractivity contribution in [1.82, 2.24) is 5.43 Å². The van der Waals surface area contributed by atoms with Crippen molar-refractivity contribution in [2.45, 2.75) is 26.3 Å². The molecular formula is C10H15ClN2. The van der Waals surface area contributed by atoms with Gasteiger partial charge < -0.3 is 0 Å². The maximum absolute atomic E-state index is 6.06. The van der Waals surface area contributed by atoms with Crippen molar-refractivity contribution >= 4 is 11.6 Å².